The molecule has 0 fully saturated rings. The van der Waals surface area contributed by atoms with Crippen LogP contribution in [-0.4, -0.2) is 30.0 Å². The first-order chi connectivity index (χ1) is 13.3. The van der Waals surface area contributed by atoms with Crippen molar-refractivity contribution in [3.63, 3.8) is 0 Å². The molecule has 144 valence electrons. The molecule has 0 spiro atoms. The number of hydrogen-bond donors (Lipinski definition) is 2. The number of aromatic nitrogens is 2. The van der Waals surface area contributed by atoms with Crippen LogP contribution in [0.2, 0.25) is 5.02 Å². The summed E-state index contributed by atoms with van der Waals surface area (Å²) in [6, 6.07) is 13.2. The quantitative estimate of drug-likeness (QED) is 0.654. The van der Waals surface area contributed by atoms with Crippen molar-refractivity contribution in [2.75, 3.05) is 29.6 Å². The Morgan fingerprint density at radius 3 is 2.36 bits per heavy atom. The average molecular weight is 400 g/mol. The van der Waals surface area contributed by atoms with Crippen LogP contribution in [0.1, 0.15) is 16.2 Å². The molecule has 0 aliphatic heterocycles. The molecule has 3 aromatic rings. The minimum atomic E-state index is -0.516. The fourth-order valence-corrected chi connectivity index (χ4v) is 2.66. The van der Waals surface area contributed by atoms with Gasteiger partial charge in [0.2, 0.25) is 5.95 Å². The molecule has 6 nitrogen and oxygen atoms in total. The third-order valence-corrected chi connectivity index (χ3v) is 4.19. The highest BCUT2D eigenvalue weighted by Crippen LogP contribution is 2.22. The van der Waals surface area contributed by atoms with Crippen molar-refractivity contribution in [2.45, 2.75) is 6.92 Å². The summed E-state index contributed by atoms with van der Waals surface area (Å²) in [6.07, 6.45) is 0. The molecule has 1 amide bonds. The van der Waals surface area contributed by atoms with Crippen LogP contribution in [0.25, 0.3) is 0 Å². The number of amides is 1. The van der Waals surface area contributed by atoms with Gasteiger partial charge in [0.05, 0.1) is 5.02 Å². The van der Waals surface area contributed by atoms with E-state index in [0.717, 1.165) is 5.69 Å². The Labute approximate surface area is 167 Å². The predicted octanol–water partition coefficient (Wildman–Crippen LogP) is 4.64. The van der Waals surface area contributed by atoms with Crippen molar-refractivity contribution in [1.29, 1.82) is 0 Å². The number of carbonyl (C=O) groups excluding carboxylic acids is 1. The summed E-state index contributed by atoms with van der Waals surface area (Å²) in [5, 5.41) is 5.73. The van der Waals surface area contributed by atoms with Crippen LogP contribution in [-0.2, 0) is 0 Å². The van der Waals surface area contributed by atoms with Crippen LogP contribution in [0.4, 0.5) is 27.4 Å². The lowest BCUT2D eigenvalue weighted by Crippen LogP contribution is -2.16. The number of carbonyl (C=O) groups is 1. The van der Waals surface area contributed by atoms with Crippen molar-refractivity contribution in [1.82, 2.24) is 9.97 Å². The molecule has 2 aromatic carbocycles. The summed E-state index contributed by atoms with van der Waals surface area (Å²) in [5.41, 5.74) is 3.02. The average Bonchev–Trinajstić information content (AvgIpc) is 2.64. The molecule has 0 saturated carbocycles. The maximum absolute atomic E-state index is 13.3. The highest BCUT2D eigenvalue weighted by Gasteiger charge is 2.12. The number of benzene rings is 2. The lowest BCUT2D eigenvalue weighted by atomic mass is 10.2. The molecule has 1 heterocycles. The van der Waals surface area contributed by atoms with Crippen molar-refractivity contribution >= 4 is 40.5 Å². The summed E-state index contributed by atoms with van der Waals surface area (Å²) < 4.78 is 13.3. The number of anilines is 4. The molecule has 1 aromatic heterocycles. The molecule has 0 radical (unpaired) electrons. The molecule has 28 heavy (non-hydrogen) atoms. The molecule has 0 unspecified atom stereocenters. The van der Waals surface area contributed by atoms with E-state index >= 15 is 0 Å². The third-order valence-electron chi connectivity index (χ3n) is 3.90. The highest BCUT2D eigenvalue weighted by molar-refractivity contribution is 6.31. The molecule has 2 N–H and O–H groups in total. The Kier molecular flexibility index (Phi) is 5.75. The number of rotatable bonds is 5. The molecular formula is C20H19ClFN5O. The van der Waals surface area contributed by atoms with Gasteiger partial charge in [0.1, 0.15) is 11.5 Å². The van der Waals surface area contributed by atoms with E-state index in [2.05, 4.69) is 20.6 Å². The van der Waals surface area contributed by atoms with Crippen molar-refractivity contribution in [3.05, 3.63) is 70.8 Å². The van der Waals surface area contributed by atoms with E-state index in [-0.39, 0.29) is 22.6 Å². The first-order valence-electron chi connectivity index (χ1n) is 8.48. The maximum Gasteiger partial charge on any atom is 0.274 e. The van der Waals surface area contributed by atoms with Gasteiger partial charge in [-0.05, 0) is 55.5 Å². The molecule has 0 saturated heterocycles. The molecular weight excluding hydrogens is 381 g/mol. The Morgan fingerprint density at radius 1 is 1.04 bits per heavy atom. The zero-order valence-corrected chi connectivity index (χ0v) is 16.4. The Hall–Kier alpha value is -3.19. The molecule has 0 atom stereocenters. The first-order valence-corrected chi connectivity index (χ1v) is 8.86. The summed E-state index contributed by atoms with van der Waals surface area (Å²) >= 11 is 5.79. The van der Waals surface area contributed by atoms with Gasteiger partial charge in [0, 0.05) is 36.9 Å². The number of aryl methyl sites for hydroxylation is 1. The third kappa shape index (κ3) is 4.75. The smallest absolute Gasteiger partial charge is 0.274 e. The van der Waals surface area contributed by atoms with E-state index in [9.17, 15) is 9.18 Å². The molecule has 0 bridgehead atoms. The standard InChI is InChI=1S/C20H19ClFN5O/c1-12-10-18(19(28)24-13-4-7-15(8-5-13)27(2)3)26-20(23-12)25-14-6-9-17(22)16(21)11-14/h4-11H,1-3H3,(H,24,28)(H,23,25,26). The van der Waals surface area contributed by atoms with Crippen molar-refractivity contribution in [3.8, 4) is 0 Å². The van der Waals surface area contributed by atoms with Crippen LogP contribution in [0.3, 0.4) is 0 Å². The lowest BCUT2D eigenvalue weighted by Gasteiger charge is -2.13. The van der Waals surface area contributed by atoms with Crippen LogP contribution in [0, 0.1) is 12.7 Å². The van der Waals surface area contributed by atoms with Crippen molar-refractivity contribution < 1.29 is 9.18 Å². The van der Waals surface area contributed by atoms with E-state index in [1.54, 1.807) is 13.0 Å². The first kappa shape index (κ1) is 19.6. The second kappa shape index (κ2) is 8.22. The largest absolute Gasteiger partial charge is 0.378 e. The zero-order chi connectivity index (χ0) is 20.3. The van der Waals surface area contributed by atoms with Gasteiger partial charge in [-0.3, -0.25) is 4.79 Å². The minimum Gasteiger partial charge on any atom is -0.378 e. The molecule has 0 aliphatic rings. The van der Waals surface area contributed by atoms with Gasteiger partial charge in [-0.2, -0.15) is 0 Å². The van der Waals surface area contributed by atoms with Gasteiger partial charge in [-0.25, -0.2) is 14.4 Å². The van der Waals surface area contributed by atoms with E-state index in [0.29, 0.717) is 17.1 Å². The second-order valence-corrected chi connectivity index (χ2v) is 6.77. The summed E-state index contributed by atoms with van der Waals surface area (Å²) in [7, 11) is 3.89. The summed E-state index contributed by atoms with van der Waals surface area (Å²) in [5.74, 6) is -0.656. The second-order valence-electron chi connectivity index (χ2n) is 6.37. The Bertz CT molecular complexity index is 1010. The Morgan fingerprint density at radius 2 is 1.71 bits per heavy atom. The number of halogens is 2. The Balaban J connectivity index is 1.78. The van der Waals surface area contributed by atoms with Gasteiger partial charge in [-0.15, -0.1) is 0 Å². The summed E-state index contributed by atoms with van der Waals surface area (Å²) in [6.45, 7) is 1.76. The van der Waals surface area contributed by atoms with Gasteiger partial charge in [0.25, 0.3) is 5.91 Å². The van der Waals surface area contributed by atoms with Crippen LogP contribution in [0.5, 0.6) is 0 Å². The van der Waals surface area contributed by atoms with Crippen LogP contribution >= 0.6 is 11.6 Å². The molecule has 8 heteroatoms. The highest BCUT2D eigenvalue weighted by atomic mass is 35.5. The predicted molar refractivity (Wildman–Crippen MR) is 110 cm³/mol. The van der Waals surface area contributed by atoms with E-state index in [1.807, 2.05) is 43.3 Å². The van der Waals surface area contributed by atoms with Crippen molar-refractivity contribution in [2.24, 2.45) is 0 Å². The normalized spacial score (nSPS) is 10.5. The number of hydrogen-bond acceptors (Lipinski definition) is 5. The number of nitrogens with one attached hydrogen (secondary N) is 2. The van der Waals surface area contributed by atoms with Crippen LogP contribution in [0.15, 0.2) is 48.5 Å². The fourth-order valence-electron chi connectivity index (χ4n) is 2.48. The SMILES string of the molecule is Cc1cc(C(=O)Nc2ccc(N(C)C)cc2)nc(Nc2ccc(F)c(Cl)c2)n1. The minimum absolute atomic E-state index is 0.0169. The molecule has 0 aliphatic carbocycles. The van der Waals surface area contributed by atoms with Gasteiger partial charge < -0.3 is 15.5 Å². The van der Waals surface area contributed by atoms with Gasteiger partial charge >= 0.3 is 0 Å². The maximum atomic E-state index is 13.3. The van der Waals surface area contributed by atoms with Gasteiger partial charge in [0.15, 0.2) is 0 Å². The van der Waals surface area contributed by atoms with E-state index in [4.69, 9.17) is 11.6 Å². The number of nitrogens with zero attached hydrogens (tertiary/aromatic N) is 3. The fraction of sp³-hybridized carbons (Fsp3) is 0.150. The lowest BCUT2D eigenvalue weighted by molar-refractivity contribution is 0.102. The molecule has 3 rings (SSSR count). The topological polar surface area (TPSA) is 70.2 Å². The van der Waals surface area contributed by atoms with E-state index < -0.39 is 5.82 Å². The summed E-state index contributed by atoms with van der Waals surface area (Å²) in [4.78, 5) is 23.1. The van der Waals surface area contributed by atoms with E-state index in [1.165, 1.54) is 18.2 Å². The monoisotopic (exact) mass is 399 g/mol. The van der Waals surface area contributed by atoms with Crippen LogP contribution < -0.4 is 15.5 Å². The zero-order valence-electron chi connectivity index (χ0n) is 15.6. The van der Waals surface area contributed by atoms with Gasteiger partial charge in [-0.1, -0.05) is 11.6 Å².